The highest BCUT2D eigenvalue weighted by molar-refractivity contribution is 7.92. The van der Waals surface area contributed by atoms with Crippen LogP contribution in [0.25, 0.3) is 0 Å². The molecule has 6 heteroatoms. The molecule has 21 heavy (non-hydrogen) atoms. The second-order valence-electron chi connectivity index (χ2n) is 4.99. The molecule has 0 fully saturated rings. The van der Waals surface area contributed by atoms with Crippen molar-refractivity contribution in [3.05, 3.63) is 58.1 Å². The maximum absolute atomic E-state index is 12.3. The highest BCUT2D eigenvalue weighted by Crippen LogP contribution is 2.25. The van der Waals surface area contributed by atoms with Gasteiger partial charge in [0.25, 0.3) is 10.0 Å². The summed E-state index contributed by atoms with van der Waals surface area (Å²) >= 11 is 11.7. The van der Waals surface area contributed by atoms with E-state index >= 15 is 0 Å². The van der Waals surface area contributed by atoms with Crippen LogP contribution in [0.4, 0.5) is 5.69 Å². The fourth-order valence-electron chi connectivity index (χ4n) is 1.86. The number of anilines is 1. The molecule has 0 atom stereocenters. The summed E-state index contributed by atoms with van der Waals surface area (Å²) in [5.74, 6) is 0.349. The topological polar surface area (TPSA) is 46.2 Å². The molecule has 1 N–H and O–H groups in total. The average molecular weight is 344 g/mol. The molecule has 2 rings (SSSR count). The lowest BCUT2D eigenvalue weighted by atomic mass is 10.0. The van der Waals surface area contributed by atoms with E-state index in [0.717, 1.165) is 5.56 Å². The molecule has 0 radical (unpaired) electrons. The minimum atomic E-state index is -3.66. The number of hydrogen-bond donors (Lipinski definition) is 1. The van der Waals surface area contributed by atoms with Crippen LogP contribution in [-0.2, 0) is 10.0 Å². The summed E-state index contributed by atoms with van der Waals surface area (Å²) in [4.78, 5) is 0.197. The first-order valence-corrected chi connectivity index (χ1v) is 8.61. The molecule has 0 bridgehead atoms. The predicted molar refractivity (Wildman–Crippen MR) is 87.8 cm³/mol. The molecule has 0 aromatic heterocycles. The zero-order valence-corrected chi connectivity index (χ0v) is 13.9. The van der Waals surface area contributed by atoms with Gasteiger partial charge in [-0.15, -0.1) is 0 Å². The first-order valence-electron chi connectivity index (χ1n) is 6.37. The van der Waals surface area contributed by atoms with E-state index in [2.05, 4.69) is 18.6 Å². The van der Waals surface area contributed by atoms with Crippen LogP contribution in [0.1, 0.15) is 25.3 Å². The van der Waals surface area contributed by atoms with Crippen molar-refractivity contribution in [3.63, 3.8) is 0 Å². The minimum absolute atomic E-state index is 0.197. The zero-order chi connectivity index (χ0) is 15.6. The van der Waals surface area contributed by atoms with Gasteiger partial charge in [-0.3, -0.25) is 4.72 Å². The van der Waals surface area contributed by atoms with Crippen LogP contribution < -0.4 is 4.72 Å². The summed E-state index contributed by atoms with van der Waals surface area (Å²) in [5.41, 5.74) is 1.42. The molecule has 0 aliphatic carbocycles. The molecule has 0 saturated heterocycles. The van der Waals surface area contributed by atoms with Crippen molar-refractivity contribution in [2.24, 2.45) is 0 Å². The Morgan fingerprint density at radius 3 is 1.95 bits per heavy atom. The van der Waals surface area contributed by atoms with Crippen molar-refractivity contribution >= 4 is 38.9 Å². The Morgan fingerprint density at radius 1 is 0.952 bits per heavy atom. The Morgan fingerprint density at radius 2 is 1.48 bits per heavy atom. The summed E-state index contributed by atoms with van der Waals surface area (Å²) in [5, 5.41) is 0.741. The molecular formula is C15H15Cl2NO2S. The van der Waals surface area contributed by atoms with E-state index in [9.17, 15) is 8.42 Å². The third-order valence-corrected chi connectivity index (χ3v) is 4.81. The molecule has 0 saturated carbocycles. The lowest BCUT2D eigenvalue weighted by Gasteiger charge is -2.10. The number of sulfonamides is 1. The smallest absolute Gasteiger partial charge is 0.261 e. The van der Waals surface area contributed by atoms with E-state index in [-0.39, 0.29) is 4.90 Å². The van der Waals surface area contributed by atoms with Crippen LogP contribution in [-0.4, -0.2) is 8.42 Å². The summed E-state index contributed by atoms with van der Waals surface area (Å²) in [6.07, 6.45) is 0. The Labute approximate surface area is 135 Å². The summed E-state index contributed by atoms with van der Waals surface area (Å²) in [6, 6.07) is 11.3. The van der Waals surface area contributed by atoms with Gasteiger partial charge in [0.05, 0.1) is 10.6 Å². The normalized spacial score (nSPS) is 11.7. The van der Waals surface area contributed by atoms with Crippen LogP contribution in [0.3, 0.4) is 0 Å². The van der Waals surface area contributed by atoms with Crippen molar-refractivity contribution in [1.29, 1.82) is 0 Å². The van der Waals surface area contributed by atoms with Gasteiger partial charge in [0.2, 0.25) is 0 Å². The Hall–Kier alpha value is -1.23. The van der Waals surface area contributed by atoms with Gasteiger partial charge in [0.15, 0.2) is 0 Å². The van der Waals surface area contributed by atoms with Crippen molar-refractivity contribution in [2.45, 2.75) is 24.7 Å². The van der Waals surface area contributed by atoms with Gasteiger partial charge >= 0.3 is 0 Å². The van der Waals surface area contributed by atoms with E-state index in [1.807, 2.05) is 12.1 Å². The van der Waals surface area contributed by atoms with Crippen molar-refractivity contribution < 1.29 is 8.42 Å². The number of hydrogen-bond acceptors (Lipinski definition) is 2. The van der Waals surface area contributed by atoms with Crippen molar-refractivity contribution in [2.75, 3.05) is 4.72 Å². The highest BCUT2D eigenvalue weighted by Gasteiger charge is 2.15. The molecule has 0 unspecified atom stereocenters. The molecule has 0 heterocycles. The molecule has 0 spiro atoms. The standard InChI is InChI=1S/C15H15Cl2NO2S/c1-10(2)11-3-5-15(6-4-11)21(19,20)18-14-8-12(16)7-13(17)9-14/h3-10,18H,1-2H3. The number of rotatable bonds is 4. The fraction of sp³-hybridized carbons (Fsp3) is 0.200. The Bertz CT molecular complexity index is 721. The molecular weight excluding hydrogens is 329 g/mol. The lowest BCUT2D eigenvalue weighted by molar-refractivity contribution is 0.601. The molecule has 3 nitrogen and oxygen atoms in total. The van der Waals surface area contributed by atoms with Gasteiger partial charge in [0, 0.05) is 10.0 Å². The van der Waals surface area contributed by atoms with Crippen LogP contribution in [0.15, 0.2) is 47.4 Å². The van der Waals surface area contributed by atoms with Crippen molar-refractivity contribution in [3.8, 4) is 0 Å². The summed E-state index contributed by atoms with van der Waals surface area (Å²) in [7, 11) is -3.66. The highest BCUT2D eigenvalue weighted by atomic mass is 35.5. The monoisotopic (exact) mass is 343 g/mol. The zero-order valence-electron chi connectivity index (χ0n) is 11.6. The molecule has 0 amide bonds. The number of benzene rings is 2. The number of nitrogens with one attached hydrogen (secondary N) is 1. The molecule has 2 aromatic carbocycles. The third-order valence-electron chi connectivity index (χ3n) is 2.97. The third kappa shape index (κ3) is 4.13. The Kier molecular flexibility index (Phi) is 4.81. The average Bonchev–Trinajstić information content (AvgIpc) is 2.37. The molecule has 0 aliphatic rings. The van der Waals surface area contributed by atoms with Gasteiger partial charge in [-0.2, -0.15) is 0 Å². The van der Waals surface area contributed by atoms with E-state index in [4.69, 9.17) is 23.2 Å². The van der Waals surface area contributed by atoms with E-state index in [1.165, 1.54) is 12.1 Å². The van der Waals surface area contributed by atoms with Gasteiger partial charge in [0.1, 0.15) is 0 Å². The van der Waals surface area contributed by atoms with E-state index < -0.39 is 10.0 Å². The largest absolute Gasteiger partial charge is 0.280 e. The first-order chi connectivity index (χ1) is 9.78. The van der Waals surface area contributed by atoms with Gasteiger partial charge in [-0.1, -0.05) is 49.2 Å². The van der Waals surface area contributed by atoms with Gasteiger partial charge < -0.3 is 0 Å². The number of halogens is 2. The summed E-state index contributed by atoms with van der Waals surface area (Å²) in [6.45, 7) is 4.10. The first kappa shape index (κ1) is 16.1. The van der Waals surface area contributed by atoms with Crippen LogP contribution in [0, 0.1) is 0 Å². The van der Waals surface area contributed by atoms with Gasteiger partial charge in [-0.05, 0) is 41.8 Å². The molecule has 0 aliphatic heterocycles. The second kappa shape index (κ2) is 6.26. The lowest BCUT2D eigenvalue weighted by Crippen LogP contribution is -2.13. The second-order valence-corrected chi connectivity index (χ2v) is 7.54. The maximum atomic E-state index is 12.3. The SMILES string of the molecule is CC(C)c1ccc(S(=O)(=O)Nc2cc(Cl)cc(Cl)c2)cc1. The molecule has 112 valence electrons. The maximum Gasteiger partial charge on any atom is 0.261 e. The summed E-state index contributed by atoms with van der Waals surface area (Å²) < 4.78 is 27.1. The van der Waals surface area contributed by atoms with E-state index in [0.29, 0.717) is 21.7 Å². The van der Waals surface area contributed by atoms with Crippen LogP contribution in [0.5, 0.6) is 0 Å². The quantitative estimate of drug-likeness (QED) is 0.856. The van der Waals surface area contributed by atoms with E-state index in [1.54, 1.807) is 18.2 Å². The van der Waals surface area contributed by atoms with Crippen molar-refractivity contribution in [1.82, 2.24) is 0 Å². The molecule has 2 aromatic rings. The Balaban J connectivity index is 2.29. The predicted octanol–water partition coefficient (Wildman–Crippen LogP) is 4.92. The van der Waals surface area contributed by atoms with Gasteiger partial charge in [-0.25, -0.2) is 8.42 Å². The fourth-order valence-corrected chi connectivity index (χ4v) is 3.43. The van der Waals surface area contributed by atoms with Crippen LogP contribution >= 0.6 is 23.2 Å². The minimum Gasteiger partial charge on any atom is -0.280 e. The van der Waals surface area contributed by atoms with Crippen LogP contribution in [0.2, 0.25) is 10.0 Å².